The number of sulfone groups is 1. The predicted molar refractivity (Wildman–Crippen MR) is 119 cm³/mol. The number of ether oxygens (including phenoxy) is 1. The first-order valence-electron chi connectivity index (χ1n) is 10.2. The van der Waals surface area contributed by atoms with Crippen molar-refractivity contribution in [2.75, 3.05) is 39.6 Å². The average molecular weight is 434 g/mol. The van der Waals surface area contributed by atoms with Crippen molar-refractivity contribution in [1.82, 2.24) is 20.0 Å². The second-order valence-corrected chi connectivity index (χ2v) is 10.1. The van der Waals surface area contributed by atoms with Crippen molar-refractivity contribution in [2.24, 2.45) is 4.99 Å². The summed E-state index contributed by atoms with van der Waals surface area (Å²) in [6.07, 6.45) is 6.09. The molecule has 0 bridgehead atoms. The summed E-state index contributed by atoms with van der Waals surface area (Å²) in [5.74, 6) is 0.680. The van der Waals surface area contributed by atoms with E-state index in [1.807, 2.05) is 66.3 Å². The molecule has 8 nitrogen and oxygen atoms in total. The molecule has 30 heavy (non-hydrogen) atoms. The van der Waals surface area contributed by atoms with Crippen LogP contribution in [0.4, 0.5) is 0 Å². The molecule has 0 saturated carbocycles. The fourth-order valence-corrected chi connectivity index (χ4v) is 4.80. The second kappa shape index (κ2) is 9.61. The number of aliphatic imine (C=N–C) groups is 1. The molecule has 0 amide bonds. The Morgan fingerprint density at radius 1 is 1.30 bits per heavy atom. The van der Waals surface area contributed by atoms with Gasteiger partial charge in [0.15, 0.2) is 15.8 Å². The number of hydrogen-bond acceptors (Lipinski definition) is 5. The minimum Gasteiger partial charge on any atom is -0.381 e. The molecule has 0 unspecified atom stereocenters. The van der Waals surface area contributed by atoms with Gasteiger partial charge >= 0.3 is 0 Å². The second-order valence-electron chi connectivity index (χ2n) is 7.72. The van der Waals surface area contributed by atoms with Gasteiger partial charge in [0.1, 0.15) is 0 Å². The normalized spacial score (nSPS) is 17.0. The lowest BCUT2D eigenvalue weighted by Gasteiger charge is -2.34. The summed E-state index contributed by atoms with van der Waals surface area (Å²) in [6, 6.07) is 9.94. The summed E-state index contributed by atoms with van der Waals surface area (Å²) in [5.41, 5.74) is 2.04. The summed E-state index contributed by atoms with van der Waals surface area (Å²) >= 11 is 0. The van der Waals surface area contributed by atoms with Crippen molar-refractivity contribution in [1.29, 1.82) is 0 Å². The number of nitrogens with one attached hydrogen (secondary N) is 1. The maximum atomic E-state index is 12.5. The van der Waals surface area contributed by atoms with E-state index < -0.39 is 14.6 Å². The van der Waals surface area contributed by atoms with Gasteiger partial charge in [-0.2, -0.15) is 5.10 Å². The van der Waals surface area contributed by atoms with Gasteiger partial charge in [0.05, 0.1) is 23.2 Å². The van der Waals surface area contributed by atoms with E-state index in [0.29, 0.717) is 45.1 Å². The van der Waals surface area contributed by atoms with Crippen LogP contribution in [0, 0.1) is 0 Å². The van der Waals surface area contributed by atoms with Crippen LogP contribution < -0.4 is 5.32 Å². The van der Waals surface area contributed by atoms with Crippen LogP contribution in [-0.4, -0.2) is 73.4 Å². The fraction of sp³-hybridized carbons (Fsp3) is 0.524. The number of hydrogen-bond donors (Lipinski definition) is 1. The summed E-state index contributed by atoms with van der Waals surface area (Å²) in [7, 11) is -1.31. The minimum atomic E-state index is -3.26. The molecule has 1 saturated heterocycles. The number of para-hydroxylation sites is 1. The molecule has 1 aromatic heterocycles. The van der Waals surface area contributed by atoms with E-state index in [4.69, 9.17) is 9.73 Å². The van der Waals surface area contributed by atoms with Crippen LogP contribution in [0.3, 0.4) is 0 Å². The maximum absolute atomic E-state index is 12.5. The topological polar surface area (TPSA) is 88.8 Å². The molecule has 1 aliphatic rings. The van der Waals surface area contributed by atoms with Gasteiger partial charge in [-0.1, -0.05) is 18.2 Å². The quantitative estimate of drug-likeness (QED) is 0.530. The number of aromatic nitrogens is 2. The minimum absolute atomic E-state index is 0.227. The van der Waals surface area contributed by atoms with Crippen LogP contribution >= 0.6 is 0 Å². The molecule has 1 aliphatic heterocycles. The van der Waals surface area contributed by atoms with Crippen LogP contribution in [0.15, 0.2) is 47.7 Å². The van der Waals surface area contributed by atoms with Crippen LogP contribution in [0.25, 0.3) is 5.69 Å². The Bertz CT molecular complexity index is 950. The molecule has 0 aliphatic carbocycles. The van der Waals surface area contributed by atoms with Gasteiger partial charge in [-0.15, -0.1) is 0 Å². The molecule has 2 heterocycles. The molecule has 0 atom stereocenters. The highest BCUT2D eigenvalue weighted by atomic mass is 32.2. The zero-order chi connectivity index (χ0) is 21.6. The van der Waals surface area contributed by atoms with Crippen LogP contribution in [0.5, 0.6) is 0 Å². The first-order chi connectivity index (χ1) is 14.3. The summed E-state index contributed by atoms with van der Waals surface area (Å²) in [5, 5.41) is 7.72. The molecular weight excluding hydrogens is 402 g/mol. The molecular formula is C21H31N5O3S. The fourth-order valence-electron chi connectivity index (χ4n) is 3.59. The number of rotatable bonds is 7. The summed E-state index contributed by atoms with van der Waals surface area (Å²) < 4.78 is 31.4. The van der Waals surface area contributed by atoms with E-state index in [9.17, 15) is 8.42 Å². The van der Waals surface area contributed by atoms with Crippen molar-refractivity contribution in [2.45, 2.75) is 31.1 Å². The van der Waals surface area contributed by atoms with E-state index in [1.54, 1.807) is 0 Å². The van der Waals surface area contributed by atoms with E-state index in [1.165, 1.54) is 6.26 Å². The Balaban J connectivity index is 1.74. The van der Waals surface area contributed by atoms with Crippen LogP contribution in [0.1, 0.15) is 25.3 Å². The largest absolute Gasteiger partial charge is 0.381 e. The highest BCUT2D eigenvalue weighted by Crippen LogP contribution is 2.29. The van der Waals surface area contributed by atoms with Gasteiger partial charge in [-0.25, -0.2) is 13.1 Å². The SMILES string of the molecule is CCNC(=NCC1(S(C)(=O)=O)CCOCC1)N(C)Cc1cnn(-c2ccccc2)c1. The van der Waals surface area contributed by atoms with Gasteiger partial charge in [0.2, 0.25) is 0 Å². The Morgan fingerprint density at radius 3 is 2.63 bits per heavy atom. The maximum Gasteiger partial charge on any atom is 0.194 e. The van der Waals surface area contributed by atoms with E-state index >= 15 is 0 Å². The lowest BCUT2D eigenvalue weighted by Crippen LogP contribution is -2.47. The molecule has 0 spiro atoms. The van der Waals surface area contributed by atoms with Crippen molar-refractivity contribution in [3.8, 4) is 5.69 Å². The molecule has 9 heteroatoms. The first-order valence-corrected chi connectivity index (χ1v) is 12.1. The van der Waals surface area contributed by atoms with Crippen molar-refractivity contribution >= 4 is 15.8 Å². The molecule has 1 N–H and O–H groups in total. The Hall–Kier alpha value is -2.39. The zero-order valence-corrected chi connectivity index (χ0v) is 18.7. The molecule has 164 valence electrons. The zero-order valence-electron chi connectivity index (χ0n) is 17.9. The smallest absolute Gasteiger partial charge is 0.194 e. The summed E-state index contributed by atoms with van der Waals surface area (Å²) in [6.45, 7) is 4.43. The highest BCUT2D eigenvalue weighted by molar-refractivity contribution is 7.92. The van der Waals surface area contributed by atoms with Gasteiger partial charge in [0.25, 0.3) is 0 Å². The Morgan fingerprint density at radius 2 is 2.00 bits per heavy atom. The van der Waals surface area contributed by atoms with Gasteiger partial charge < -0.3 is 15.0 Å². The van der Waals surface area contributed by atoms with Crippen molar-refractivity contribution < 1.29 is 13.2 Å². The van der Waals surface area contributed by atoms with Gasteiger partial charge in [-0.3, -0.25) is 4.99 Å². The van der Waals surface area contributed by atoms with E-state index in [0.717, 1.165) is 11.3 Å². The number of guanidine groups is 1. The van der Waals surface area contributed by atoms with Crippen LogP contribution in [0.2, 0.25) is 0 Å². The molecule has 3 rings (SSSR count). The monoisotopic (exact) mass is 433 g/mol. The number of nitrogens with zero attached hydrogens (tertiary/aromatic N) is 4. The number of benzene rings is 1. The third kappa shape index (κ3) is 5.20. The summed E-state index contributed by atoms with van der Waals surface area (Å²) in [4.78, 5) is 6.70. The van der Waals surface area contributed by atoms with Gasteiger partial charge in [0, 0.05) is 51.4 Å². The van der Waals surface area contributed by atoms with Crippen molar-refractivity contribution in [3.63, 3.8) is 0 Å². The Labute approximate surface area is 178 Å². The first kappa shape index (κ1) is 22.3. The average Bonchev–Trinajstić information content (AvgIpc) is 3.20. The van der Waals surface area contributed by atoms with Crippen molar-refractivity contribution in [3.05, 3.63) is 48.3 Å². The lowest BCUT2D eigenvalue weighted by atomic mass is 9.99. The molecule has 0 radical (unpaired) electrons. The third-order valence-corrected chi connectivity index (χ3v) is 7.59. The standard InChI is InChI=1S/C21H31N5O3S/c1-4-22-20(23-17-21(30(3,27)28)10-12-29-13-11-21)25(2)15-18-14-24-26(16-18)19-8-6-5-7-9-19/h5-9,14,16H,4,10-13,15,17H2,1-3H3,(H,22,23). The lowest BCUT2D eigenvalue weighted by molar-refractivity contribution is 0.0767. The predicted octanol–water partition coefficient (Wildman–Crippen LogP) is 1.86. The van der Waals surface area contributed by atoms with E-state index in [2.05, 4.69) is 10.4 Å². The molecule has 1 fully saturated rings. The third-order valence-electron chi connectivity index (χ3n) is 5.48. The molecule has 2 aromatic rings. The van der Waals surface area contributed by atoms with Gasteiger partial charge in [-0.05, 0) is 31.9 Å². The van der Waals surface area contributed by atoms with E-state index in [-0.39, 0.29) is 6.54 Å². The Kier molecular flexibility index (Phi) is 7.14. The van der Waals surface area contributed by atoms with Crippen LogP contribution in [-0.2, 0) is 21.1 Å². The highest BCUT2D eigenvalue weighted by Gasteiger charge is 2.42. The molecule has 1 aromatic carbocycles.